The number of nitrogens with one attached hydrogen (secondary N) is 1. The number of amides is 1. The Bertz CT molecular complexity index is 608. The van der Waals surface area contributed by atoms with Crippen LogP contribution in [-0.2, 0) is 4.79 Å². The first-order valence-corrected chi connectivity index (χ1v) is 7.11. The standard InChI is InChI=1S/C15H16N2O3S/c1-2-3-8-17-13(18)12(16-15(17)21)9-10-4-6-11(7-5-10)14(19)20/h4-7,9H,2-3,8H2,1H3,(H,16,21)(H,19,20)/b12-9+. The molecule has 5 nitrogen and oxygen atoms in total. The third-order valence-corrected chi connectivity index (χ3v) is 3.49. The molecule has 0 saturated carbocycles. The van der Waals surface area contributed by atoms with Crippen LogP contribution in [0.5, 0.6) is 0 Å². The summed E-state index contributed by atoms with van der Waals surface area (Å²) in [6, 6.07) is 6.31. The van der Waals surface area contributed by atoms with Gasteiger partial charge < -0.3 is 10.4 Å². The highest BCUT2D eigenvalue weighted by molar-refractivity contribution is 7.80. The lowest BCUT2D eigenvalue weighted by atomic mass is 10.1. The lowest BCUT2D eigenvalue weighted by Gasteiger charge is -2.12. The van der Waals surface area contributed by atoms with Gasteiger partial charge in [0.1, 0.15) is 5.70 Å². The summed E-state index contributed by atoms with van der Waals surface area (Å²) < 4.78 is 0. The number of rotatable bonds is 5. The molecule has 2 N–H and O–H groups in total. The SMILES string of the molecule is CCCCN1C(=O)/C(=C\c2ccc(C(=O)O)cc2)NC1=S. The van der Waals surface area contributed by atoms with Crippen molar-refractivity contribution in [1.82, 2.24) is 10.2 Å². The largest absolute Gasteiger partial charge is 0.478 e. The van der Waals surface area contributed by atoms with Crippen LogP contribution in [-0.4, -0.2) is 33.5 Å². The molecule has 1 aliphatic heterocycles. The number of nitrogens with zero attached hydrogens (tertiary/aromatic N) is 1. The summed E-state index contributed by atoms with van der Waals surface area (Å²) in [5.74, 6) is -1.12. The molecule has 1 aromatic rings. The van der Waals surface area contributed by atoms with E-state index < -0.39 is 5.97 Å². The van der Waals surface area contributed by atoms with Crippen molar-refractivity contribution >= 4 is 35.3 Å². The monoisotopic (exact) mass is 304 g/mol. The average Bonchev–Trinajstić information content (AvgIpc) is 2.72. The van der Waals surface area contributed by atoms with E-state index in [4.69, 9.17) is 17.3 Å². The van der Waals surface area contributed by atoms with Gasteiger partial charge in [0.2, 0.25) is 0 Å². The average molecular weight is 304 g/mol. The van der Waals surface area contributed by atoms with E-state index in [1.165, 1.54) is 12.1 Å². The van der Waals surface area contributed by atoms with Crippen LogP contribution >= 0.6 is 12.2 Å². The second kappa shape index (κ2) is 6.49. The minimum atomic E-state index is -0.976. The smallest absolute Gasteiger partial charge is 0.335 e. The van der Waals surface area contributed by atoms with Crippen LogP contribution in [0, 0.1) is 0 Å². The van der Waals surface area contributed by atoms with Crippen LogP contribution in [0.1, 0.15) is 35.7 Å². The molecular formula is C15H16N2O3S. The van der Waals surface area contributed by atoms with Crippen molar-refractivity contribution in [2.24, 2.45) is 0 Å². The van der Waals surface area contributed by atoms with Crippen molar-refractivity contribution in [3.05, 3.63) is 41.1 Å². The zero-order valence-corrected chi connectivity index (χ0v) is 12.4. The van der Waals surface area contributed by atoms with Gasteiger partial charge in [-0.25, -0.2) is 4.79 Å². The second-order valence-corrected chi connectivity index (χ2v) is 5.11. The molecule has 0 spiro atoms. The lowest BCUT2D eigenvalue weighted by Crippen LogP contribution is -2.31. The van der Waals surface area contributed by atoms with Crippen LogP contribution in [0.15, 0.2) is 30.0 Å². The van der Waals surface area contributed by atoms with E-state index in [-0.39, 0.29) is 11.5 Å². The number of aromatic carboxylic acids is 1. The number of carbonyl (C=O) groups excluding carboxylic acids is 1. The molecular weight excluding hydrogens is 288 g/mol. The third kappa shape index (κ3) is 3.46. The number of carbonyl (C=O) groups is 2. The summed E-state index contributed by atoms with van der Waals surface area (Å²) in [7, 11) is 0. The fraction of sp³-hybridized carbons (Fsp3) is 0.267. The zero-order valence-electron chi connectivity index (χ0n) is 11.6. The maximum Gasteiger partial charge on any atom is 0.335 e. The topological polar surface area (TPSA) is 69.6 Å². The third-order valence-electron chi connectivity index (χ3n) is 3.17. The molecule has 1 saturated heterocycles. The Balaban J connectivity index is 2.16. The molecule has 0 atom stereocenters. The van der Waals surface area contributed by atoms with Gasteiger partial charge in [-0.15, -0.1) is 0 Å². The number of thiocarbonyl (C=S) groups is 1. The van der Waals surface area contributed by atoms with Gasteiger partial charge in [0.05, 0.1) is 5.56 Å². The van der Waals surface area contributed by atoms with Gasteiger partial charge in [0.25, 0.3) is 5.91 Å². The quantitative estimate of drug-likeness (QED) is 0.645. The summed E-state index contributed by atoms with van der Waals surface area (Å²) in [5, 5.41) is 12.2. The highest BCUT2D eigenvalue weighted by atomic mass is 32.1. The highest BCUT2D eigenvalue weighted by Gasteiger charge is 2.29. The van der Waals surface area contributed by atoms with Gasteiger partial charge in [0, 0.05) is 6.54 Å². The molecule has 110 valence electrons. The predicted molar refractivity (Wildman–Crippen MR) is 83.7 cm³/mol. The molecule has 0 aliphatic carbocycles. The first-order chi connectivity index (χ1) is 10.0. The minimum absolute atomic E-state index is 0.143. The molecule has 6 heteroatoms. The Morgan fingerprint density at radius 3 is 2.62 bits per heavy atom. The van der Waals surface area contributed by atoms with Crippen molar-refractivity contribution < 1.29 is 14.7 Å². The van der Waals surface area contributed by atoms with E-state index in [1.807, 2.05) is 0 Å². The first-order valence-electron chi connectivity index (χ1n) is 6.71. The molecule has 0 radical (unpaired) electrons. The van der Waals surface area contributed by atoms with Crippen molar-refractivity contribution in [1.29, 1.82) is 0 Å². The molecule has 2 rings (SSSR count). The van der Waals surface area contributed by atoms with Crippen molar-refractivity contribution in [2.45, 2.75) is 19.8 Å². The van der Waals surface area contributed by atoms with Crippen LogP contribution in [0.3, 0.4) is 0 Å². The fourth-order valence-corrected chi connectivity index (χ4v) is 2.26. The van der Waals surface area contributed by atoms with E-state index in [2.05, 4.69) is 12.2 Å². The number of hydrogen-bond acceptors (Lipinski definition) is 3. The minimum Gasteiger partial charge on any atom is -0.478 e. The van der Waals surface area contributed by atoms with E-state index in [9.17, 15) is 9.59 Å². The van der Waals surface area contributed by atoms with Crippen LogP contribution < -0.4 is 5.32 Å². The summed E-state index contributed by atoms with van der Waals surface area (Å²) in [6.45, 7) is 2.66. The Morgan fingerprint density at radius 1 is 1.38 bits per heavy atom. The van der Waals surface area contributed by atoms with Crippen LogP contribution in [0.2, 0.25) is 0 Å². The molecule has 0 bridgehead atoms. The highest BCUT2D eigenvalue weighted by Crippen LogP contribution is 2.15. The molecule has 1 aliphatic rings. The first kappa shape index (κ1) is 15.2. The number of unbranched alkanes of at least 4 members (excludes halogenated alkanes) is 1. The fourth-order valence-electron chi connectivity index (χ4n) is 1.98. The number of hydrogen-bond donors (Lipinski definition) is 2. The number of carboxylic acid groups (broad SMARTS) is 1. The Hall–Kier alpha value is -2.21. The van der Waals surface area contributed by atoms with Crippen LogP contribution in [0.25, 0.3) is 6.08 Å². The zero-order chi connectivity index (χ0) is 15.4. The van der Waals surface area contributed by atoms with Gasteiger partial charge in [-0.3, -0.25) is 9.69 Å². The Morgan fingerprint density at radius 2 is 2.05 bits per heavy atom. The van der Waals surface area contributed by atoms with Crippen molar-refractivity contribution in [3.8, 4) is 0 Å². The van der Waals surface area contributed by atoms with Gasteiger partial charge in [0.15, 0.2) is 5.11 Å². The molecule has 0 unspecified atom stereocenters. The molecule has 1 aromatic carbocycles. The van der Waals surface area contributed by atoms with Gasteiger partial charge in [-0.05, 0) is 42.4 Å². The summed E-state index contributed by atoms with van der Waals surface area (Å²) in [6.07, 6.45) is 3.56. The Labute approximate surface area is 128 Å². The molecule has 1 fully saturated rings. The van der Waals surface area contributed by atoms with E-state index in [0.29, 0.717) is 17.4 Å². The molecule has 21 heavy (non-hydrogen) atoms. The summed E-state index contributed by atoms with van der Waals surface area (Å²) >= 11 is 5.15. The van der Waals surface area contributed by atoms with E-state index in [1.54, 1.807) is 23.1 Å². The Kier molecular flexibility index (Phi) is 4.70. The predicted octanol–water partition coefficient (Wildman–Crippen LogP) is 2.24. The van der Waals surface area contributed by atoms with Gasteiger partial charge in [-0.2, -0.15) is 0 Å². The number of carboxylic acids is 1. The molecule has 0 aromatic heterocycles. The summed E-state index contributed by atoms with van der Waals surface area (Å²) in [4.78, 5) is 24.6. The normalized spacial score (nSPS) is 16.4. The van der Waals surface area contributed by atoms with Crippen molar-refractivity contribution in [2.75, 3.05) is 6.54 Å². The summed E-state index contributed by atoms with van der Waals surface area (Å²) in [5.41, 5.74) is 1.37. The second-order valence-electron chi connectivity index (χ2n) is 4.73. The molecule has 1 amide bonds. The number of benzene rings is 1. The van der Waals surface area contributed by atoms with Gasteiger partial charge >= 0.3 is 5.97 Å². The van der Waals surface area contributed by atoms with E-state index in [0.717, 1.165) is 18.4 Å². The maximum atomic E-state index is 12.2. The van der Waals surface area contributed by atoms with E-state index >= 15 is 0 Å². The molecule has 1 heterocycles. The van der Waals surface area contributed by atoms with Gasteiger partial charge in [-0.1, -0.05) is 25.5 Å². The lowest BCUT2D eigenvalue weighted by molar-refractivity contribution is -0.122. The van der Waals surface area contributed by atoms with Crippen molar-refractivity contribution in [3.63, 3.8) is 0 Å². The van der Waals surface area contributed by atoms with Crippen LogP contribution in [0.4, 0.5) is 0 Å². The maximum absolute atomic E-state index is 12.2.